The third-order valence-corrected chi connectivity index (χ3v) is 4.19. The van der Waals surface area contributed by atoms with Crippen LogP contribution in [-0.2, 0) is 0 Å². The quantitative estimate of drug-likeness (QED) is 0.896. The van der Waals surface area contributed by atoms with E-state index in [9.17, 15) is 4.79 Å². The largest absolute Gasteiger partial charge is 0.382 e. The molecule has 8 heteroatoms. The van der Waals surface area contributed by atoms with Gasteiger partial charge in [-0.3, -0.25) is 4.79 Å². The third kappa shape index (κ3) is 3.67. The minimum atomic E-state index is -0.174. The third-order valence-electron chi connectivity index (χ3n) is 4.19. The van der Waals surface area contributed by atoms with E-state index >= 15 is 0 Å². The summed E-state index contributed by atoms with van der Waals surface area (Å²) in [4.78, 5) is 33.7. The van der Waals surface area contributed by atoms with Crippen molar-refractivity contribution in [3.63, 3.8) is 0 Å². The van der Waals surface area contributed by atoms with Gasteiger partial charge in [0.25, 0.3) is 5.91 Å². The fraction of sp³-hybridized carbons (Fsp3) is 0.471. The number of nitrogens with zero attached hydrogens (tertiary/aromatic N) is 6. The van der Waals surface area contributed by atoms with E-state index in [4.69, 9.17) is 5.73 Å². The van der Waals surface area contributed by atoms with Gasteiger partial charge in [-0.15, -0.1) is 0 Å². The zero-order valence-electron chi connectivity index (χ0n) is 14.8. The molecule has 2 aromatic rings. The van der Waals surface area contributed by atoms with Crippen molar-refractivity contribution in [2.24, 2.45) is 0 Å². The summed E-state index contributed by atoms with van der Waals surface area (Å²) in [6.45, 7) is 8.75. The van der Waals surface area contributed by atoms with Crippen LogP contribution in [0.4, 0.5) is 11.6 Å². The Morgan fingerprint density at radius 2 is 1.80 bits per heavy atom. The molecule has 25 heavy (non-hydrogen) atoms. The van der Waals surface area contributed by atoms with Gasteiger partial charge in [0.1, 0.15) is 11.6 Å². The second-order valence-corrected chi connectivity index (χ2v) is 6.45. The van der Waals surface area contributed by atoms with Gasteiger partial charge in [-0.1, -0.05) is 13.8 Å². The molecule has 0 unspecified atom stereocenters. The minimum absolute atomic E-state index is 0.169. The molecule has 1 fully saturated rings. The van der Waals surface area contributed by atoms with Crippen LogP contribution in [0.2, 0.25) is 0 Å². The molecular formula is C17H23N7O. The Bertz CT molecular complexity index is 769. The lowest BCUT2D eigenvalue weighted by Gasteiger charge is -2.35. The number of carbonyl (C=O) groups excluding carboxylic acids is 1. The highest BCUT2D eigenvalue weighted by atomic mass is 16.2. The summed E-state index contributed by atoms with van der Waals surface area (Å²) < 4.78 is 0. The van der Waals surface area contributed by atoms with Crippen molar-refractivity contribution in [3.05, 3.63) is 35.7 Å². The second-order valence-electron chi connectivity index (χ2n) is 6.45. The number of anilines is 2. The number of nitrogen functional groups attached to an aromatic ring is 1. The van der Waals surface area contributed by atoms with E-state index in [1.165, 1.54) is 12.4 Å². The predicted octanol–water partition coefficient (Wildman–Crippen LogP) is 1.24. The van der Waals surface area contributed by atoms with Crippen molar-refractivity contribution in [1.82, 2.24) is 24.8 Å². The summed E-state index contributed by atoms with van der Waals surface area (Å²) in [5.74, 6) is 2.04. The highest BCUT2D eigenvalue weighted by Crippen LogP contribution is 2.19. The number of piperazine rings is 1. The summed E-state index contributed by atoms with van der Waals surface area (Å²) in [6, 6.07) is 1.99. The highest BCUT2D eigenvalue weighted by Gasteiger charge is 2.25. The molecule has 1 amide bonds. The maximum absolute atomic E-state index is 12.6. The first-order chi connectivity index (χ1) is 12.0. The highest BCUT2D eigenvalue weighted by molar-refractivity contribution is 5.96. The number of amides is 1. The molecule has 0 aliphatic carbocycles. The Labute approximate surface area is 147 Å². The average molecular weight is 341 g/mol. The first-order valence-corrected chi connectivity index (χ1v) is 8.42. The fourth-order valence-electron chi connectivity index (χ4n) is 2.80. The van der Waals surface area contributed by atoms with E-state index in [2.05, 4.69) is 38.7 Å². The lowest BCUT2D eigenvalue weighted by atomic mass is 10.2. The molecule has 0 bridgehead atoms. The number of hydrogen-bond donors (Lipinski definition) is 1. The number of aromatic nitrogens is 4. The smallest absolute Gasteiger partial charge is 0.276 e. The summed E-state index contributed by atoms with van der Waals surface area (Å²) in [5, 5.41) is 0. The molecule has 1 aliphatic rings. The van der Waals surface area contributed by atoms with Gasteiger partial charge in [0.2, 0.25) is 0 Å². The van der Waals surface area contributed by atoms with Crippen LogP contribution in [0.25, 0.3) is 0 Å². The van der Waals surface area contributed by atoms with E-state index in [0.29, 0.717) is 26.2 Å². The van der Waals surface area contributed by atoms with Crippen LogP contribution in [0, 0.1) is 6.92 Å². The monoisotopic (exact) mass is 341 g/mol. The van der Waals surface area contributed by atoms with Crippen LogP contribution in [0.15, 0.2) is 18.5 Å². The van der Waals surface area contributed by atoms with Gasteiger partial charge in [-0.25, -0.2) is 19.9 Å². The number of nitrogens with two attached hydrogens (primary N) is 1. The van der Waals surface area contributed by atoms with E-state index in [1.807, 2.05) is 13.0 Å². The SMILES string of the molecule is Cc1cc(N2CCN(C(=O)c3nccnc3N)CC2)nc(C(C)C)n1. The maximum atomic E-state index is 12.6. The van der Waals surface area contributed by atoms with Crippen LogP contribution in [0.1, 0.15) is 41.8 Å². The Kier molecular flexibility index (Phi) is 4.78. The Morgan fingerprint density at radius 3 is 2.44 bits per heavy atom. The van der Waals surface area contributed by atoms with Gasteiger partial charge < -0.3 is 15.5 Å². The van der Waals surface area contributed by atoms with Crippen molar-refractivity contribution >= 4 is 17.5 Å². The number of carbonyl (C=O) groups is 1. The standard InChI is InChI=1S/C17H23N7O/c1-11(2)16-21-12(3)10-13(22-16)23-6-8-24(9-7-23)17(25)14-15(18)20-5-4-19-14/h4-5,10-11H,6-9H2,1-3H3,(H2,18,20). The first-order valence-electron chi connectivity index (χ1n) is 8.42. The van der Waals surface area contributed by atoms with Gasteiger partial charge in [-0.2, -0.15) is 0 Å². The van der Waals surface area contributed by atoms with Crippen LogP contribution >= 0.6 is 0 Å². The second kappa shape index (κ2) is 7.00. The predicted molar refractivity (Wildman–Crippen MR) is 95.4 cm³/mol. The molecule has 1 aliphatic heterocycles. The Morgan fingerprint density at radius 1 is 1.12 bits per heavy atom. The Hall–Kier alpha value is -2.77. The molecular weight excluding hydrogens is 318 g/mol. The van der Waals surface area contributed by atoms with E-state index < -0.39 is 0 Å². The van der Waals surface area contributed by atoms with Crippen LogP contribution in [-0.4, -0.2) is 56.9 Å². The summed E-state index contributed by atoms with van der Waals surface area (Å²) in [6.07, 6.45) is 2.96. The maximum Gasteiger partial charge on any atom is 0.276 e. The number of hydrogen-bond acceptors (Lipinski definition) is 7. The molecule has 1 saturated heterocycles. The summed E-state index contributed by atoms with van der Waals surface area (Å²) >= 11 is 0. The van der Waals surface area contributed by atoms with Gasteiger partial charge in [-0.05, 0) is 6.92 Å². The molecule has 2 aromatic heterocycles. The molecule has 0 aromatic carbocycles. The average Bonchev–Trinajstić information content (AvgIpc) is 2.61. The molecule has 3 heterocycles. The van der Waals surface area contributed by atoms with E-state index in [-0.39, 0.29) is 23.3 Å². The lowest BCUT2D eigenvalue weighted by Crippen LogP contribution is -2.49. The molecule has 2 N–H and O–H groups in total. The first kappa shape index (κ1) is 17.1. The molecule has 3 rings (SSSR count). The topological polar surface area (TPSA) is 101 Å². The van der Waals surface area contributed by atoms with Gasteiger partial charge in [0.15, 0.2) is 11.5 Å². The van der Waals surface area contributed by atoms with Gasteiger partial charge >= 0.3 is 0 Å². The van der Waals surface area contributed by atoms with E-state index in [1.54, 1.807) is 4.90 Å². The van der Waals surface area contributed by atoms with Crippen LogP contribution < -0.4 is 10.6 Å². The van der Waals surface area contributed by atoms with Gasteiger partial charge in [0, 0.05) is 56.3 Å². The zero-order chi connectivity index (χ0) is 18.0. The fourth-order valence-corrected chi connectivity index (χ4v) is 2.80. The van der Waals surface area contributed by atoms with Crippen molar-refractivity contribution in [2.75, 3.05) is 36.8 Å². The Balaban J connectivity index is 1.70. The van der Waals surface area contributed by atoms with Crippen LogP contribution in [0.3, 0.4) is 0 Å². The van der Waals surface area contributed by atoms with Gasteiger partial charge in [0.05, 0.1) is 0 Å². The van der Waals surface area contributed by atoms with Crippen LogP contribution in [0.5, 0.6) is 0 Å². The normalized spacial score (nSPS) is 14.9. The zero-order valence-corrected chi connectivity index (χ0v) is 14.8. The molecule has 132 valence electrons. The molecule has 8 nitrogen and oxygen atoms in total. The van der Waals surface area contributed by atoms with Crippen molar-refractivity contribution < 1.29 is 4.79 Å². The molecule has 0 atom stereocenters. The van der Waals surface area contributed by atoms with Crippen molar-refractivity contribution in [3.8, 4) is 0 Å². The number of aryl methyl sites for hydroxylation is 1. The summed E-state index contributed by atoms with van der Waals surface area (Å²) in [5.41, 5.74) is 6.94. The van der Waals surface area contributed by atoms with Crippen molar-refractivity contribution in [2.45, 2.75) is 26.7 Å². The molecule has 0 saturated carbocycles. The number of rotatable bonds is 3. The lowest BCUT2D eigenvalue weighted by molar-refractivity contribution is 0.0741. The van der Waals surface area contributed by atoms with Crippen molar-refractivity contribution in [1.29, 1.82) is 0 Å². The summed E-state index contributed by atoms with van der Waals surface area (Å²) in [7, 11) is 0. The molecule has 0 spiro atoms. The minimum Gasteiger partial charge on any atom is -0.382 e. The molecule has 0 radical (unpaired) electrons. The van der Waals surface area contributed by atoms with E-state index in [0.717, 1.165) is 17.3 Å².